The van der Waals surface area contributed by atoms with Gasteiger partial charge in [-0.05, 0) is 99.4 Å². The maximum Gasteiger partial charge on any atom is 0.331 e. The standard InChI is InChI=1S/C42H66O18/c1-18-35(60-38-33(50)31(48)29(46)26(59-38)17-55-37-32(49)30(47)28(45)25(15-43)58-37)36(53-4)34(51)39(56-18)57-21-7-10-40(2)20(14-21)5-6-24-23(40)8-11-41(3)22(9-12-42(24,41)52)19-13-27(44)54-16-19/h13,18,20-26,28-39,43,45-52H,5-12,14-17H2,1-4H3/t18-,20+,21-,22+,23-,24+,25+,26+,28+,29+,30-,31-,32+,33+,34-,35-,36-,37+,38-,39-,40-,41+,42-/m0/s1. The third kappa shape index (κ3) is 7.50. The zero-order valence-electron chi connectivity index (χ0n) is 34.8. The molecule has 23 atom stereocenters. The minimum absolute atomic E-state index is 0.00760. The molecule has 0 unspecified atom stereocenters. The largest absolute Gasteiger partial charge is 0.458 e. The number of cyclic esters (lactones) is 1. The molecule has 4 aliphatic heterocycles. The second-order valence-electron chi connectivity index (χ2n) is 19.4. The molecule has 0 spiro atoms. The minimum atomic E-state index is -1.77. The van der Waals surface area contributed by atoms with Crippen molar-refractivity contribution in [2.45, 2.75) is 182 Å². The molecule has 342 valence electrons. The molecule has 4 aliphatic carbocycles. The molecule has 0 amide bonds. The second-order valence-corrected chi connectivity index (χ2v) is 19.4. The first kappa shape index (κ1) is 45.1. The molecule has 4 heterocycles. The monoisotopic (exact) mass is 858 g/mol. The SMILES string of the molecule is CO[C@H]1[C@H](O)[C@H](O[C@H]2CC[C@@]3(C)[C@H](CC[C@@H]4[C@@H]3CC[C@]3(C)[C@@H](C5=CC(=O)OC5)CC[C@]43O)C2)O[C@@H](C)[C@@H]1O[C@@H]1O[C@H](CO[C@@H]2O[C@H](CO)[C@@H](O)[C@H](O)[C@H]2O)[C@@H](O)[C@H](O)[C@H]1O. The Kier molecular flexibility index (Phi) is 12.9. The lowest BCUT2D eigenvalue weighted by Gasteiger charge is -2.64. The predicted molar refractivity (Wildman–Crippen MR) is 203 cm³/mol. The zero-order valence-corrected chi connectivity index (χ0v) is 34.8. The van der Waals surface area contributed by atoms with Gasteiger partial charge < -0.3 is 83.9 Å². The summed E-state index contributed by atoms with van der Waals surface area (Å²) in [6.07, 6.45) is -11.9. The first-order chi connectivity index (χ1) is 28.4. The van der Waals surface area contributed by atoms with Gasteiger partial charge in [-0.1, -0.05) is 13.8 Å². The first-order valence-electron chi connectivity index (χ1n) is 21.8. The van der Waals surface area contributed by atoms with Crippen LogP contribution in [0.15, 0.2) is 11.6 Å². The number of aliphatic hydroxyl groups excluding tert-OH is 8. The summed E-state index contributed by atoms with van der Waals surface area (Å²) < 4.78 is 46.6. The summed E-state index contributed by atoms with van der Waals surface area (Å²) in [5, 5.41) is 96.6. The number of carbonyl (C=O) groups is 1. The van der Waals surface area contributed by atoms with Gasteiger partial charge in [0, 0.05) is 18.6 Å². The van der Waals surface area contributed by atoms with Gasteiger partial charge in [-0.2, -0.15) is 0 Å². The summed E-state index contributed by atoms with van der Waals surface area (Å²) in [6.45, 7) is 5.42. The van der Waals surface area contributed by atoms with Crippen LogP contribution in [0.3, 0.4) is 0 Å². The van der Waals surface area contributed by atoms with Gasteiger partial charge in [0.1, 0.15) is 73.8 Å². The molecule has 8 rings (SSSR count). The van der Waals surface area contributed by atoms with Crippen LogP contribution in [0.4, 0.5) is 0 Å². The van der Waals surface area contributed by atoms with Crippen LogP contribution in [0.2, 0.25) is 0 Å². The molecule has 0 bridgehead atoms. The number of esters is 1. The van der Waals surface area contributed by atoms with Crippen molar-refractivity contribution in [3.05, 3.63) is 11.6 Å². The van der Waals surface area contributed by atoms with Crippen LogP contribution in [0, 0.1) is 34.5 Å². The van der Waals surface area contributed by atoms with Crippen molar-refractivity contribution in [2.24, 2.45) is 34.5 Å². The van der Waals surface area contributed by atoms with E-state index in [1.807, 2.05) is 0 Å². The number of fused-ring (bicyclic) bond motifs is 5. The average molecular weight is 859 g/mol. The summed E-state index contributed by atoms with van der Waals surface area (Å²) in [4.78, 5) is 12.0. The van der Waals surface area contributed by atoms with Gasteiger partial charge in [-0.3, -0.25) is 0 Å². The Morgan fingerprint density at radius 1 is 0.733 bits per heavy atom. The molecule has 0 aromatic carbocycles. The van der Waals surface area contributed by atoms with Crippen molar-refractivity contribution < 1.29 is 88.6 Å². The third-order valence-electron chi connectivity index (χ3n) is 16.5. The molecular weight excluding hydrogens is 792 g/mol. The Bertz CT molecular complexity index is 1570. The van der Waals surface area contributed by atoms with Gasteiger partial charge >= 0.3 is 5.97 Å². The van der Waals surface area contributed by atoms with Gasteiger partial charge in [-0.15, -0.1) is 0 Å². The summed E-state index contributed by atoms with van der Waals surface area (Å²) >= 11 is 0. The van der Waals surface area contributed by atoms with E-state index in [1.165, 1.54) is 7.11 Å². The summed E-state index contributed by atoms with van der Waals surface area (Å²) in [7, 11) is 1.39. The van der Waals surface area contributed by atoms with Crippen molar-refractivity contribution in [1.82, 2.24) is 0 Å². The van der Waals surface area contributed by atoms with E-state index in [4.69, 9.17) is 37.9 Å². The van der Waals surface area contributed by atoms with Gasteiger partial charge in [0.2, 0.25) is 0 Å². The highest BCUT2D eigenvalue weighted by atomic mass is 16.8. The maximum atomic E-state index is 12.6. The van der Waals surface area contributed by atoms with E-state index in [-0.39, 0.29) is 34.7 Å². The van der Waals surface area contributed by atoms with E-state index >= 15 is 0 Å². The second kappa shape index (κ2) is 17.2. The Morgan fingerprint density at radius 3 is 2.10 bits per heavy atom. The van der Waals surface area contributed by atoms with Gasteiger partial charge in [0.15, 0.2) is 18.9 Å². The number of hydrogen-bond acceptors (Lipinski definition) is 18. The Labute approximate surface area is 349 Å². The molecule has 0 aromatic rings. The normalized spacial score (nSPS) is 54.4. The highest BCUT2D eigenvalue weighted by Gasteiger charge is 2.68. The predicted octanol–water partition coefficient (Wildman–Crippen LogP) is -1.24. The van der Waals surface area contributed by atoms with Crippen LogP contribution >= 0.6 is 0 Å². The molecule has 8 aliphatic rings. The highest BCUT2D eigenvalue weighted by Crippen LogP contribution is 2.70. The quantitative estimate of drug-likeness (QED) is 0.0918. The number of hydrogen-bond donors (Lipinski definition) is 9. The van der Waals surface area contributed by atoms with Crippen molar-refractivity contribution in [2.75, 3.05) is 26.9 Å². The number of aliphatic hydroxyl groups is 9. The van der Waals surface area contributed by atoms with Gasteiger partial charge in [0.05, 0.1) is 31.0 Å². The molecule has 18 heteroatoms. The topological polar surface area (TPSA) is 273 Å². The highest BCUT2D eigenvalue weighted by molar-refractivity contribution is 5.85. The molecule has 60 heavy (non-hydrogen) atoms. The maximum absolute atomic E-state index is 12.6. The van der Waals surface area contributed by atoms with Crippen LogP contribution < -0.4 is 0 Å². The first-order valence-corrected chi connectivity index (χ1v) is 21.8. The lowest BCUT2D eigenvalue weighted by atomic mass is 9.43. The lowest BCUT2D eigenvalue weighted by molar-refractivity contribution is -0.367. The molecule has 3 saturated heterocycles. The average Bonchev–Trinajstić information content (AvgIpc) is 3.78. The van der Waals surface area contributed by atoms with Crippen LogP contribution in [0.5, 0.6) is 0 Å². The number of carbonyl (C=O) groups excluding carboxylic acids is 1. The molecule has 0 aromatic heterocycles. The van der Waals surface area contributed by atoms with E-state index in [9.17, 15) is 50.8 Å². The smallest absolute Gasteiger partial charge is 0.331 e. The van der Waals surface area contributed by atoms with Gasteiger partial charge in [-0.25, -0.2) is 4.79 Å². The summed E-state index contributed by atoms with van der Waals surface area (Å²) in [6, 6.07) is 0. The van der Waals surface area contributed by atoms with Crippen molar-refractivity contribution in [1.29, 1.82) is 0 Å². The molecule has 18 nitrogen and oxygen atoms in total. The van der Waals surface area contributed by atoms with Crippen LogP contribution in [0.25, 0.3) is 0 Å². The zero-order chi connectivity index (χ0) is 43.1. The number of ether oxygens (including phenoxy) is 8. The minimum Gasteiger partial charge on any atom is -0.458 e. The van der Waals surface area contributed by atoms with Crippen molar-refractivity contribution >= 4 is 5.97 Å². The fourth-order valence-electron chi connectivity index (χ4n) is 13.0. The van der Waals surface area contributed by atoms with Crippen LogP contribution in [-0.4, -0.2) is 183 Å². The van der Waals surface area contributed by atoms with Crippen LogP contribution in [-0.2, 0) is 42.7 Å². The third-order valence-corrected chi connectivity index (χ3v) is 16.5. The molecule has 0 radical (unpaired) electrons. The fourth-order valence-corrected chi connectivity index (χ4v) is 13.0. The van der Waals surface area contributed by atoms with E-state index < -0.39 is 111 Å². The Balaban J connectivity index is 0.875. The van der Waals surface area contributed by atoms with E-state index in [2.05, 4.69) is 13.8 Å². The Morgan fingerprint density at radius 2 is 1.42 bits per heavy atom. The summed E-state index contributed by atoms with van der Waals surface area (Å²) in [5.41, 5.74) is -0.0850. The molecule has 4 saturated carbocycles. The van der Waals surface area contributed by atoms with Crippen molar-refractivity contribution in [3.8, 4) is 0 Å². The van der Waals surface area contributed by atoms with E-state index in [0.29, 0.717) is 18.4 Å². The summed E-state index contributed by atoms with van der Waals surface area (Å²) in [5.74, 6) is 0.725. The van der Waals surface area contributed by atoms with Crippen molar-refractivity contribution in [3.63, 3.8) is 0 Å². The lowest BCUT2D eigenvalue weighted by Crippen LogP contribution is -2.65. The number of methoxy groups -OCH3 is 1. The Hall–Kier alpha value is -1.43. The molecule has 7 fully saturated rings. The molecule has 9 N–H and O–H groups in total. The molecular formula is C42H66O18. The van der Waals surface area contributed by atoms with Crippen LogP contribution in [0.1, 0.15) is 78.6 Å². The van der Waals surface area contributed by atoms with Gasteiger partial charge in [0.25, 0.3) is 0 Å². The fraction of sp³-hybridized carbons (Fsp3) is 0.929. The van der Waals surface area contributed by atoms with E-state index in [0.717, 1.165) is 63.4 Å². The number of rotatable bonds is 10. The van der Waals surface area contributed by atoms with E-state index in [1.54, 1.807) is 13.0 Å².